The summed E-state index contributed by atoms with van der Waals surface area (Å²) in [5, 5.41) is 20.3. The van der Waals surface area contributed by atoms with Crippen molar-refractivity contribution in [3.05, 3.63) is 47.5 Å². The Hall–Kier alpha value is -1.38. The zero-order chi connectivity index (χ0) is 9.97. The number of hydrogen-bond donors (Lipinski definition) is 2. The number of fused-ring (bicyclic) bond motifs is 1. The van der Waals surface area contributed by atoms with E-state index in [9.17, 15) is 5.11 Å². The fraction of sp³-hybridized carbons (Fsp3) is 0.167. The third-order valence-electron chi connectivity index (χ3n) is 2.36. The Kier molecular flexibility index (Phi) is 2.48. The zero-order valence-electron chi connectivity index (χ0n) is 7.77. The van der Waals surface area contributed by atoms with E-state index in [4.69, 9.17) is 5.11 Å². The highest BCUT2D eigenvalue weighted by molar-refractivity contribution is 5.86. The van der Waals surface area contributed by atoms with Crippen LogP contribution in [-0.2, 0) is 13.2 Å². The molecule has 0 heterocycles. The van der Waals surface area contributed by atoms with Gasteiger partial charge < -0.3 is 10.2 Å². The summed E-state index contributed by atoms with van der Waals surface area (Å²) in [6.45, 7) is 0.0200. The molecule has 2 heteroatoms. The van der Waals surface area contributed by atoms with Crippen LogP contribution in [-0.4, -0.2) is 10.2 Å². The van der Waals surface area contributed by atoms with Gasteiger partial charge in [0.1, 0.15) is 0 Å². The number of rotatable bonds is 2. The topological polar surface area (TPSA) is 40.5 Å². The molecule has 0 aliphatic heterocycles. The van der Waals surface area contributed by atoms with Crippen LogP contribution in [0.4, 0.5) is 0 Å². The van der Waals surface area contributed by atoms with Crippen LogP contribution < -0.4 is 0 Å². The molecule has 0 aliphatic rings. The van der Waals surface area contributed by atoms with E-state index in [1.807, 2.05) is 36.4 Å². The third-order valence-corrected chi connectivity index (χ3v) is 2.36. The number of benzene rings is 2. The molecule has 72 valence electrons. The summed E-state index contributed by atoms with van der Waals surface area (Å²) in [6, 6.07) is 11.6. The van der Waals surface area contributed by atoms with Crippen molar-refractivity contribution in [2.45, 2.75) is 13.2 Å². The minimum absolute atomic E-state index is 0.00829. The Morgan fingerprint density at radius 2 is 1.71 bits per heavy atom. The van der Waals surface area contributed by atoms with Gasteiger partial charge in [0, 0.05) is 0 Å². The molecule has 0 fully saturated rings. The lowest BCUT2D eigenvalue weighted by atomic mass is 10.0. The van der Waals surface area contributed by atoms with E-state index in [-0.39, 0.29) is 13.2 Å². The molecule has 0 bridgehead atoms. The van der Waals surface area contributed by atoms with Gasteiger partial charge in [0.15, 0.2) is 0 Å². The summed E-state index contributed by atoms with van der Waals surface area (Å²) < 4.78 is 0. The minimum Gasteiger partial charge on any atom is -0.392 e. The molecular weight excluding hydrogens is 176 g/mol. The Morgan fingerprint density at radius 3 is 2.43 bits per heavy atom. The molecule has 2 aromatic rings. The van der Waals surface area contributed by atoms with Crippen molar-refractivity contribution in [1.82, 2.24) is 0 Å². The molecule has 0 atom stereocenters. The normalized spacial score (nSPS) is 10.7. The average molecular weight is 188 g/mol. The molecule has 2 aromatic carbocycles. The number of hydrogen-bond acceptors (Lipinski definition) is 2. The van der Waals surface area contributed by atoms with E-state index in [1.54, 1.807) is 0 Å². The molecule has 2 nitrogen and oxygen atoms in total. The minimum atomic E-state index is 0.00829. The third kappa shape index (κ3) is 1.50. The highest BCUT2D eigenvalue weighted by Crippen LogP contribution is 2.21. The van der Waals surface area contributed by atoms with Crippen molar-refractivity contribution in [3.63, 3.8) is 0 Å². The lowest BCUT2D eigenvalue weighted by molar-refractivity contribution is 0.276. The maximum Gasteiger partial charge on any atom is 0.0687 e. The first-order valence-corrected chi connectivity index (χ1v) is 4.57. The molecule has 0 saturated carbocycles. The van der Waals surface area contributed by atoms with Crippen molar-refractivity contribution >= 4 is 10.8 Å². The molecule has 0 radical (unpaired) electrons. The quantitative estimate of drug-likeness (QED) is 0.754. The van der Waals surface area contributed by atoms with E-state index in [2.05, 4.69) is 0 Å². The summed E-state index contributed by atoms with van der Waals surface area (Å²) in [4.78, 5) is 0. The molecular formula is C12H12O2. The average Bonchev–Trinajstić information content (AvgIpc) is 2.27. The molecule has 2 rings (SSSR count). The predicted octanol–water partition coefficient (Wildman–Crippen LogP) is 1.82. The predicted molar refractivity (Wildman–Crippen MR) is 55.8 cm³/mol. The van der Waals surface area contributed by atoms with Gasteiger partial charge in [-0.2, -0.15) is 0 Å². The summed E-state index contributed by atoms with van der Waals surface area (Å²) in [6.07, 6.45) is 0. The Balaban J connectivity index is 2.73. The number of aliphatic hydroxyl groups is 2. The molecule has 0 saturated heterocycles. The van der Waals surface area contributed by atoms with Crippen LogP contribution in [0, 0.1) is 0 Å². The van der Waals surface area contributed by atoms with Gasteiger partial charge in [0.25, 0.3) is 0 Å². The van der Waals surface area contributed by atoms with Gasteiger partial charge in [-0.3, -0.25) is 0 Å². The monoisotopic (exact) mass is 188 g/mol. The second kappa shape index (κ2) is 3.78. The molecule has 0 aromatic heterocycles. The Morgan fingerprint density at radius 1 is 0.929 bits per heavy atom. The van der Waals surface area contributed by atoms with Crippen LogP contribution in [0.25, 0.3) is 10.8 Å². The summed E-state index contributed by atoms with van der Waals surface area (Å²) >= 11 is 0. The van der Waals surface area contributed by atoms with E-state index in [0.29, 0.717) is 0 Å². The Bertz CT molecular complexity index is 449. The summed E-state index contributed by atoms with van der Waals surface area (Å²) in [7, 11) is 0. The summed E-state index contributed by atoms with van der Waals surface area (Å²) in [5.41, 5.74) is 1.71. The lowest BCUT2D eigenvalue weighted by Gasteiger charge is -2.06. The lowest BCUT2D eigenvalue weighted by Crippen LogP contribution is -1.90. The second-order valence-electron chi connectivity index (χ2n) is 3.29. The van der Waals surface area contributed by atoms with Crippen LogP contribution in [0.5, 0.6) is 0 Å². The van der Waals surface area contributed by atoms with Crippen molar-refractivity contribution < 1.29 is 10.2 Å². The SMILES string of the molecule is OCc1cc(CO)c2ccccc2c1. The van der Waals surface area contributed by atoms with E-state index >= 15 is 0 Å². The van der Waals surface area contributed by atoms with Gasteiger partial charge >= 0.3 is 0 Å². The zero-order valence-corrected chi connectivity index (χ0v) is 7.77. The standard InChI is InChI=1S/C12H12O2/c13-7-9-5-10-3-1-2-4-12(10)11(6-9)8-14/h1-6,13-14H,7-8H2. The second-order valence-corrected chi connectivity index (χ2v) is 3.29. The van der Waals surface area contributed by atoms with Gasteiger partial charge in [-0.05, 0) is 28.0 Å². The maximum absolute atomic E-state index is 9.17. The van der Waals surface area contributed by atoms with Gasteiger partial charge in [0.2, 0.25) is 0 Å². The van der Waals surface area contributed by atoms with Crippen LogP contribution >= 0.6 is 0 Å². The van der Waals surface area contributed by atoms with Crippen molar-refractivity contribution in [1.29, 1.82) is 0 Å². The van der Waals surface area contributed by atoms with Gasteiger partial charge in [-0.1, -0.05) is 30.3 Å². The molecule has 0 unspecified atom stereocenters. The van der Waals surface area contributed by atoms with Crippen molar-refractivity contribution in [3.8, 4) is 0 Å². The van der Waals surface area contributed by atoms with Gasteiger partial charge in [-0.15, -0.1) is 0 Å². The molecule has 0 spiro atoms. The molecule has 2 N–H and O–H groups in total. The van der Waals surface area contributed by atoms with Crippen LogP contribution in [0.3, 0.4) is 0 Å². The van der Waals surface area contributed by atoms with Gasteiger partial charge in [-0.25, -0.2) is 0 Å². The van der Waals surface area contributed by atoms with E-state index in [1.165, 1.54) is 0 Å². The largest absolute Gasteiger partial charge is 0.392 e. The smallest absolute Gasteiger partial charge is 0.0687 e. The van der Waals surface area contributed by atoms with Crippen LogP contribution in [0.1, 0.15) is 11.1 Å². The summed E-state index contributed by atoms with van der Waals surface area (Å²) in [5.74, 6) is 0. The number of aliphatic hydroxyl groups excluding tert-OH is 2. The van der Waals surface area contributed by atoms with Crippen molar-refractivity contribution in [2.75, 3.05) is 0 Å². The first-order valence-electron chi connectivity index (χ1n) is 4.57. The van der Waals surface area contributed by atoms with Crippen molar-refractivity contribution in [2.24, 2.45) is 0 Å². The fourth-order valence-electron chi connectivity index (χ4n) is 1.68. The highest BCUT2D eigenvalue weighted by Gasteiger charge is 2.01. The van der Waals surface area contributed by atoms with Gasteiger partial charge in [0.05, 0.1) is 13.2 Å². The van der Waals surface area contributed by atoms with E-state index < -0.39 is 0 Å². The molecule has 0 amide bonds. The fourth-order valence-corrected chi connectivity index (χ4v) is 1.68. The van der Waals surface area contributed by atoms with E-state index in [0.717, 1.165) is 21.9 Å². The van der Waals surface area contributed by atoms with Crippen LogP contribution in [0.2, 0.25) is 0 Å². The molecule has 14 heavy (non-hydrogen) atoms. The maximum atomic E-state index is 9.17. The first-order chi connectivity index (χ1) is 6.85. The first kappa shape index (κ1) is 9.19. The Labute approximate surface area is 82.4 Å². The van der Waals surface area contributed by atoms with Crippen LogP contribution in [0.15, 0.2) is 36.4 Å². The highest BCUT2D eigenvalue weighted by atomic mass is 16.3. The molecule has 0 aliphatic carbocycles.